The second-order valence-electron chi connectivity index (χ2n) is 10.5. The van der Waals surface area contributed by atoms with Crippen molar-refractivity contribution in [3.05, 3.63) is 129 Å². The van der Waals surface area contributed by atoms with Crippen molar-refractivity contribution < 1.29 is 0 Å². The van der Waals surface area contributed by atoms with Gasteiger partial charge in [-0.15, -0.1) is 0 Å². The molecule has 0 amide bonds. The normalized spacial score (nSPS) is 11.0. The van der Waals surface area contributed by atoms with E-state index in [-0.39, 0.29) is 0 Å². The van der Waals surface area contributed by atoms with Crippen LogP contribution < -0.4 is 0 Å². The maximum absolute atomic E-state index is 4.17. The predicted molar refractivity (Wildman–Crippen MR) is 172 cm³/mol. The molecule has 0 aliphatic rings. The second kappa shape index (κ2) is 16.3. The molecule has 0 aliphatic heterocycles. The molecule has 0 bridgehead atoms. The Balaban J connectivity index is 0.000000360. The van der Waals surface area contributed by atoms with E-state index >= 15 is 0 Å². The molecular formula is C36H47Br. The summed E-state index contributed by atoms with van der Waals surface area (Å²) in [4.78, 5) is 0. The molecule has 0 saturated carbocycles. The number of allylic oxidation sites excluding steroid dienone is 3. The summed E-state index contributed by atoms with van der Waals surface area (Å²) < 4.78 is 1.14. The van der Waals surface area contributed by atoms with Crippen LogP contribution in [-0.4, -0.2) is 0 Å². The maximum Gasteiger partial charge on any atom is 0.0253 e. The second-order valence-corrected chi connectivity index (χ2v) is 11.3. The highest BCUT2D eigenvalue weighted by Crippen LogP contribution is 2.29. The summed E-state index contributed by atoms with van der Waals surface area (Å²) >= 11 is 3.69. The lowest BCUT2D eigenvalue weighted by Gasteiger charge is -2.19. The summed E-state index contributed by atoms with van der Waals surface area (Å²) in [6.07, 6.45) is 7.16. The van der Waals surface area contributed by atoms with E-state index < -0.39 is 0 Å². The van der Waals surface area contributed by atoms with Gasteiger partial charge in [0.25, 0.3) is 0 Å². The van der Waals surface area contributed by atoms with Crippen molar-refractivity contribution in [3.63, 3.8) is 0 Å². The van der Waals surface area contributed by atoms with E-state index in [1.54, 1.807) is 0 Å². The van der Waals surface area contributed by atoms with Gasteiger partial charge in [-0.2, -0.15) is 0 Å². The van der Waals surface area contributed by atoms with Crippen LogP contribution in [0.2, 0.25) is 0 Å². The maximum atomic E-state index is 4.17. The highest BCUT2D eigenvalue weighted by molar-refractivity contribution is 9.10. The summed E-state index contributed by atoms with van der Waals surface area (Å²) in [7, 11) is 0. The van der Waals surface area contributed by atoms with Gasteiger partial charge in [-0.05, 0) is 83.5 Å². The van der Waals surface area contributed by atoms with Gasteiger partial charge in [0, 0.05) is 4.47 Å². The van der Waals surface area contributed by atoms with Crippen molar-refractivity contribution in [2.45, 2.75) is 74.7 Å². The lowest BCUT2D eigenvalue weighted by Crippen LogP contribution is -2.05. The minimum Gasteiger partial charge on any atom is -0.0988 e. The van der Waals surface area contributed by atoms with Crippen LogP contribution in [0.25, 0.3) is 11.6 Å². The van der Waals surface area contributed by atoms with E-state index in [0.29, 0.717) is 5.41 Å². The van der Waals surface area contributed by atoms with Crippen molar-refractivity contribution in [3.8, 4) is 0 Å². The zero-order chi connectivity index (χ0) is 28.0. The fourth-order valence-corrected chi connectivity index (χ4v) is 4.67. The smallest absolute Gasteiger partial charge is 0.0253 e. The molecule has 0 unspecified atom stereocenters. The fourth-order valence-electron chi connectivity index (χ4n) is 3.95. The van der Waals surface area contributed by atoms with Crippen molar-refractivity contribution in [1.29, 1.82) is 0 Å². The molecule has 0 spiro atoms. The van der Waals surface area contributed by atoms with Gasteiger partial charge in [-0.3, -0.25) is 0 Å². The molecule has 37 heavy (non-hydrogen) atoms. The van der Waals surface area contributed by atoms with Gasteiger partial charge in [0.15, 0.2) is 0 Å². The molecule has 0 heterocycles. The Labute approximate surface area is 236 Å². The van der Waals surface area contributed by atoms with Crippen LogP contribution in [0.1, 0.15) is 88.3 Å². The number of rotatable bonds is 7. The average Bonchev–Trinajstić information content (AvgIpc) is 2.87. The minimum absolute atomic E-state index is 0.320. The standard InChI is InChI=1S/C19H19Br.C15H22.C2H6/c1-4-14(2)10-18-15(3)11-17(13-19(18)20)12-16-8-6-5-7-9-16;1-6-13-7-9-14(10-8-13)12(2)11-15(3,4)5;1-2/h4-11,13H,1,12H2,2-3H3;7-10H,2,6,11H2,1,3-5H3;1-2H3/b14-10+;;. The van der Waals surface area contributed by atoms with Crippen LogP contribution in [0.3, 0.4) is 0 Å². The Kier molecular flexibility index (Phi) is 14.2. The fraction of sp³-hybridized carbons (Fsp3) is 0.333. The van der Waals surface area contributed by atoms with Crippen molar-refractivity contribution in [1.82, 2.24) is 0 Å². The molecule has 0 aliphatic carbocycles. The summed E-state index contributed by atoms with van der Waals surface area (Å²) in [6, 6.07) is 23.8. The molecule has 0 atom stereocenters. The Bertz CT molecular complexity index is 1120. The zero-order valence-corrected chi connectivity index (χ0v) is 26.0. The first-order valence-electron chi connectivity index (χ1n) is 13.4. The van der Waals surface area contributed by atoms with Crippen molar-refractivity contribution in [2.24, 2.45) is 5.41 Å². The van der Waals surface area contributed by atoms with Gasteiger partial charge in [-0.25, -0.2) is 0 Å². The third-order valence-electron chi connectivity index (χ3n) is 5.86. The van der Waals surface area contributed by atoms with E-state index in [2.05, 4.69) is 143 Å². The Hall–Kier alpha value is -2.64. The van der Waals surface area contributed by atoms with Gasteiger partial charge in [0.1, 0.15) is 0 Å². The SMILES string of the molecule is C=C(CC(C)(C)C)c1ccc(CC)cc1.C=C/C(C)=C/c1c(C)cc(Cc2ccccc2)cc1Br.CC. The first-order valence-corrected chi connectivity index (χ1v) is 14.2. The molecule has 1 heteroatoms. The van der Waals surface area contributed by atoms with Gasteiger partial charge in [-0.1, -0.05) is 149 Å². The van der Waals surface area contributed by atoms with Crippen LogP contribution in [0, 0.1) is 12.3 Å². The Morgan fingerprint density at radius 2 is 1.49 bits per heavy atom. The quantitative estimate of drug-likeness (QED) is 0.253. The largest absolute Gasteiger partial charge is 0.0988 e. The van der Waals surface area contributed by atoms with Gasteiger partial charge in [0.2, 0.25) is 0 Å². The topological polar surface area (TPSA) is 0 Å². The van der Waals surface area contributed by atoms with Crippen LogP contribution >= 0.6 is 15.9 Å². The molecule has 0 radical (unpaired) electrons. The number of halogens is 1. The Morgan fingerprint density at radius 1 is 0.892 bits per heavy atom. The monoisotopic (exact) mass is 558 g/mol. The summed E-state index contributed by atoms with van der Waals surface area (Å²) in [5.41, 5.74) is 10.6. The predicted octanol–water partition coefficient (Wildman–Crippen LogP) is 11.7. The number of hydrogen-bond acceptors (Lipinski definition) is 0. The molecule has 0 fully saturated rings. The summed E-state index contributed by atoms with van der Waals surface area (Å²) in [6.45, 7) is 25.1. The van der Waals surface area contributed by atoms with Gasteiger partial charge in [0.05, 0.1) is 0 Å². The van der Waals surface area contributed by atoms with Crippen LogP contribution in [0.15, 0.2) is 96.0 Å². The number of benzene rings is 3. The Morgan fingerprint density at radius 3 is 1.97 bits per heavy atom. The highest BCUT2D eigenvalue weighted by Gasteiger charge is 2.12. The van der Waals surface area contributed by atoms with E-state index in [1.165, 1.54) is 44.5 Å². The lowest BCUT2D eigenvalue weighted by atomic mass is 9.86. The average molecular weight is 560 g/mol. The molecular weight excluding hydrogens is 512 g/mol. The molecule has 198 valence electrons. The first kappa shape index (κ1) is 32.4. The molecule has 3 aromatic carbocycles. The van der Waals surface area contributed by atoms with Crippen LogP contribution in [-0.2, 0) is 12.8 Å². The number of aryl methyl sites for hydroxylation is 2. The minimum atomic E-state index is 0.320. The molecule has 3 rings (SSSR count). The first-order chi connectivity index (χ1) is 17.5. The zero-order valence-electron chi connectivity index (χ0n) is 24.4. The summed E-state index contributed by atoms with van der Waals surface area (Å²) in [5.74, 6) is 0. The summed E-state index contributed by atoms with van der Waals surface area (Å²) in [5, 5.41) is 0. The van der Waals surface area contributed by atoms with Crippen LogP contribution in [0.4, 0.5) is 0 Å². The van der Waals surface area contributed by atoms with Gasteiger partial charge >= 0.3 is 0 Å². The van der Waals surface area contributed by atoms with E-state index in [0.717, 1.165) is 23.7 Å². The number of hydrogen-bond donors (Lipinski definition) is 0. The third kappa shape index (κ3) is 12.0. The van der Waals surface area contributed by atoms with E-state index in [4.69, 9.17) is 0 Å². The highest BCUT2D eigenvalue weighted by atomic mass is 79.9. The molecule has 0 aromatic heterocycles. The van der Waals surface area contributed by atoms with Crippen molar-refractivity contribution >= 4 is 27.6 Å². The van der Waals surface area contributed by atoms with E-state index in [1.807, 2.05) is 19.9 Å². The third-order valence-corrected chi connectivity index (χ3v) is 6.51. The van der Waals surface area contributed by atoms with Gasteiger partial charge < -0.3 is 0 Å². The molecule has 0 saturated heterocycles. The molecule has 0 N–H and O–H groups in total. The van der Waals surface area contributed by atoms with Crippen LogP contribution in [0.5, 0.6) is 0 Å². The molecule has 0 nitrogen and oxygen atoms in total. The van der Waals surface area contributed by atoms with Crippen molar-refractivity contribution in [2.75, 3.05) is 0 Å². The molecule has 3 aromatic rings. The lowest BCUT2D eigenvalue weighted by molar-refractivity contribution is 0.427. The van der Waals surface area contributed by atoms with E-state index in [9.17, 15) is 0 Å².